The minimum atomic E-state index is -4.54. The van der Waals surface area contributed by atoms with E-state index < -0.39 is 29.9 Å². The lowest BCUT2D eigenvalue weighted by molar-refractivity contribution is -0.150. The Bertz CT molecular complexity index is 1040. The second-order valence-corrected chi connectivity index (χ2v) is 9.32. The SMILES string of the molecule is CCOC(Cc1ccc(OCCN(CC2CCCCC2)C(=O)Oc2cccc(C(F)(F)F)c2)cc1)C(=O)O. The molecule has 3 rings (SSSR count). The fourth-order valence-corrected chi connectivity index (χ4v) is 4.47. The third kappa shape index (κ3) is 9.24. The second-order valence-electron chi connectivity index (χ2n) is 9.32. The van der Waals surface area contributed by atoms with Crippen LogP contribution in [-0.4, -0.2) is 54.5 Å². The van der Waals surface area contributed by atoms with E-state index in [1.54, 1.807) is 31.2 Å². The van der Waals surface area contributed by atoms with Crippen LogP contribution in [0.1, 0.15) is 50.2 Å². The van der Waals surface area contributed by atoms with Gasteiger partial charge in [0, 0.05) is 19.6 Å². The lowest BCUT2D eigenvalue weighted by Gasteiger charge is -2.29. The average Bonchev–Trinajstić information content (AvgIpc) is 2.89. The zero-order valence-corrected chi connectivity index (χ0v) is 21.4. The molecule has 208 valence electrons. The molecule has 1 atom stereocenters. The van der Waals surface area contributed by atoms with E-state index >= 15 is 0 Å². The van der Waals surface area contributed by atoms with Crippen LogP contribution in [0, 0.1) is 5.92 Å². The van der Waals surface area contributed by atoms with Gasteiger partial charge in [-0.15, -0.1) is 0 Å². The fourth-order valence-electron chi connectivity index (χ4n) is 4.47. The molecule has 0 heterocycles. The van der Waals surface area contributed by atoms with E-state index in [0.29, 0.717) is 24.8 Å². The van der Waals surface area contributed by atoms with E-state index in [1.165, 1.54) is 17.0 Å². The number of benzene rings is 2. The molecule has 0 aliphatic heterocycles. The number of carbonyl (C=O) groups excluding carboxylic acids is 1. The molecule has 0 radical (unpaired) electrons. The van der Waals surface area contributed by atoms with Crippen LogP contribution in [0.15, 0.2) is 48.5 Å². The first-order valence-corrected chi connectivity index (χ1v) is 12.9. The summed E-state index contributed by atoms with van der Waals surface area (Å²) in [6.07, 6.45) is -0.685. The van der Waals surface area contributed by atoms with Crippen LogP contribution in [-0.2, 0) is 22.1 Å². The number of aliphatic carboxylic acids is 1. The number of ether oxygens (including phenoxy) is 3. The minimum absolute atomic E-state index is 0.153. The third-order valence-corrected chi connectivity index (χ3v) is 6.45. The van der Waals surface area contributed by atoms with Crippen molar-refractivity contribution in [3.63, 3.8) is 0 Å². The van der Waals surface area contributed by atoms with E-state index in [4.69, 9.17) is 14.2 Å². The van der Waals surface area contributed by atoms with Gasteiger partial charge in [0.25, 0.3) is 0 Å². The summed E-state index contributed by atoms with van der Waals surface area (Å²) in [5.41, 5.74) is -0.105. The van der Waals surface area contributed by atoms with Crippen molar-refractivity contribution in [2.75, 3.05) is 26.3 Å². The quantitative estimate of drug-likeness (QED) is 0.347. The van der Waals surface area contributed by atoms with Gasteiger partial charge in [-0.05, 0) is 61.6 Å². The zero-order chi connectivity index (χ0) is 27.5. The molecule has 38 heavy (non-hydrogen) atoms. The lowest BCUT2D eigenvalue weighted by Crippen LogP contribution is -2.40. The van der Waals surface area contributed by atoms with Crippen LogP contribution < -0.4 is 9.47 Å². The van der Waals surface area contributed by atoms with Crippen molar-refractivity contribution in [3.8, 4) is 11.5 Å². The van der Waals surface area contributed by atoms with Crippen molar-refractivity contribution in [3.05, 3.63) is 59.7 Å². The maximum absolute atomic E-state index is 13.1. The number of carbonyl (C=O) groups is 2. The van der Waals surface area contributed by atoms with Gasteiger partial charge >= 0.3 is 18.2 Å². The minimum Gasteiger partial charge on any atom is -0.492 e. The van der Waals surface area contributed by atoms with Crippen molar-refractivity contribution >= 4 is 12.1 Å². The highest BCUT2D eigenvalue weighted by atomic mass is 19.4. The highest BCUT2D eigenvalue weighted by Gasteiger charge is 2.31. The number of alkyl halides is 3. The number of carboxylic acid groups (broad SMARTS) is 1. The molecule has 1 amide bonds. The Morgan fingerprint density at radius 1 is 1.05 bits per heavy atom. The van der Waals surface area contributed by atoms with Crippen LogP contribution in [0.2, 0.25) is 0 Å². The van der Waals surface area contributed by atoms with Crippen LogP contribution in [0.4, 0.5) is 18.0 Å². The van der Waals surface area contributed by atoms with E-state index in [9.17, 15) is 27.9 Å². The number of nitrogens with zero attached hydrogens (tertiary/aromatic N) is 1. The Morgan fingerprint density at radius 2 is 1.76 bits per heavy atom. The number of rotatable bonds is 12. The van der Waals surface area contributed by atoms with Gasteiger partial charge in [0.15, 0.2) is 6.10 Å². The molecule has 0 aromatic heterocycles. The topological polar surface area (TPSA) is 85.3 Å². The summed E-state index contributed by atoms with van der Waals surface area (Å²) in [5, 5.41) is 9.25. The lowest BCUT2D eigenvalue weighted by atomic mass is 9.89. The summed E-state index contributed by atoms with van der Waals surface area (Å²) in [6, 6.07) is 11.2. The third-order valence-electron chi connectivity index (χ3n) is 6.45. The summed E-state index contributed by atoms with van der Waals surface area (Å²) in [6.45, 7) is 2.82. The molecular weight excluding hydrogens is 503 g/mol. The van der Waals surface area contributed by atoms with Crippen LogP contribution in [0.3, 0.4) is 0 Å². The molecule has 0 spiro atoms. The molecule has 1 N–H and O–H groups in total. The van der Waals surface area contributed by atoms with E-state index in [0.717, 1.165) is 49.8 Å². The predicted octanol–water partition coefficient (Wildman–Crippen LogP) is 6.20. The maximum Gasteiger partial charge on any atom is 0.416 e. The Morgan fingerprint density at radius 3 is 2.39 bits per heavy atom. The van der Waals surface area contributed by atoms with E-state index in [2.05, 4.69) is 0 Å². The predicted molar refractivity (Wildman–Crippen MR) is 134 cm³/mol. The van der Waals surface area contributed by atoms with Gasteiger partial charge in [0.2, 0.25) is 0 Å². The summed E-state index contributed by atoms with van der Waals surface area (Å²) >= 11 is 0. The standard InChI is InChI=1S/C28H34F3NO6/c1-2-36-25(26(33)34)17-20-11-13-23(14-12-20)37-16-15-32(19-21-7-4-3-5-8-21)27(35)38-24-10-6-9-22(18-24)28(29,30)31/h6,9-14,18,21,25H,2-5,7-8,15-17,19H2,1H3,(H,33,34). The number of hydrogen-bond acceptors (Lipinski definition) is 5. The van der Waals surface area contributed by atoms with E-state index in [-0.39, 0.29) is 25.3 Å². The summed E-state index contributed by atoms with van der Waals surface area (Å²) in [4.78, 5) is 25.7. The van der Waals surface area contributed by atoms with Crippen molar-refractivity contribution in [1.29, 1.82) is 0 Å². The normalized spacial score (nSPS) is 15.1. The first-order valence-electron chi connectivity index (χ1n) is 12.9. The molecule has 0 saturated heterocycles. The summed E-state index contributed by atoms with van der Waals surface area (Å²) in [7, 11) is 0. The number of carboxylic acids is 1. The van der Waals surface area contributed by atoms with Crippen molar-refractivity contribution < 1.29 is 42.1 Å². The smallest absolute Gasteiger partial charge is 0.416 e. The zero-order valence-electron chi connectivity index (χ0n) is 21.4. The average molecular weight is 538 g/mol. The van der Waals surface area contributed by atoms with Crippen molar-refractivity contribution in [1.82, 2.24) is 4.90 Å². The van der Waals surface area contributed by atoms with Crippen molar-refractivity contribution in [2.45, 2.75) is 57.7 Å². The molecule has 1 saturated carbocycles. The van der Waals surface area contributed by atoms with Gasteiger partial charge in [-0.3, -0.25) is 0 Å². The monoisotopic (exact) mass is 537 g/mol. The van der Waals surface area contributed by atoms with Gasteiger partial charge in [-0.1, -0.05) is 37.5 Å². The molecule has 1 unspecified atom stereocenters. The fraction of sp³-hybridized carbons (Fsp3) is 0.500. The number of hydrogen-bond donors (Lipinski definition) is 1. The molecule has 1 aliphatic rings. The van der Waals surface area contributed by atoms with Gasteiger partial charge in [-0.25, -0.2) is 9.59 Å². The first-order chi connectivity index (χ1) is 18.2. The second kappa shape index (κ2) is 14.0. The maximum atomic E-state index is 13.1. The Hall–Kier alpha value is -3.27. The molecule has 7 nitrogen and oxygen atoms in total. The first kappa shape index (κ1) is 29.3. The Kier molecular flexibility index (Phi) is 10.8. The molecule has 2 aromatic rings. The van der Waals surface area contributed by atoms with Gasteiger partial charge in [-0.2, -0.15) is 13.2 Å². The van der Waals surface area contributed by atoms with E-state index in [1.807, 2.05) is 0 Å². The molecule has 0 bridgehead atoms. The van der Waals surface area contributed by atoms with Gasteiger partial charge < -0.3 is 24.2 Å². The largest absolute Gasteiger partial charge is 0.492 e. The molecule has 1 aliphatic carbocycles. The molecule has 10 heteroatoms. The summed E-state index contributed by atoms with van der Waals surface area (Å²) in [5.74, 6) is -0.352. The number of halogens is 3. The highest BCUT2D eigenvalue weighted by molar-refractivity contribution is 5.72. The van der Waals surface area contributed by atoms with Gasteiger partial charge in [0.05, 0.1) is 12.1 Å². The Balaban J connectivity index is 1.60. The van der Waals surface area contributed by atoms with Crippen LogP contribution in [0.25, 0.3) is 0 Å². The molecule has 1 fully saturated rings. The Labute approximate surface area is 220 Å². The summed E-state index contributed by atoms with van der Waals surface area (Å²) < 4.78 is 55.5. The van der Waals surface area contributed by atoms with Crippen molar-refractivity contribution in [2.24, 2.45) is 5.92 Å². The van der Waals surface area contributed by atoms with Crippen LogP contribution in [0.5, 0.6) is 11.5 Å². The highest BCUT2D eigenvalue weighted by Crippen LogP contribution is 2.31. The molecular formula is C28H34F3NO6. The van der Waals surface area contributed by atoms with Gasteiger partial charge in [0.1, 0.15) is 18.1 Å². The molecule has 2 aromatic carbocycles. The number of amides is 1. The van der Waals surface area contributed by atoms with Crippen LogP contribution >= 0.6 is 0 Å².